The van der Waals surface area contributed by atoms with Gasteiger partial charge in [-0.1, -0.05) is 31.4 Å². The zero-order valence-corrected chi connectivity index (χ0v) is 13.8. The molecule has 1 aromatic rings. The highest BCUT2D eigenvalue weighted by molar-refractivity contribution is 7.90. The van der Waals surface area contributed by atoms with Crippen molar-refractivity contribution >= 4 is 21.8 Å². The SMILES string of the molecule is COC(=O)C(N=C1NS(=O)(=O)c2ccccc21)C1CCCCC1. The number of hydrogen-bond acceptors (Lipinski definition) is 5. The number of nitrogens with one attached hydrogen (secondary N) is 1. The van der Waals surface area contributed by atoms with Crippen molar-refractivity contribution in [3.8, 4) is 0 Å². The fraction of sp³-hybridized carbons (Fsp3) is 0.500. The average Bonchev–Trinajstić information content (AvgIpc) is 2.84. The average molecular weight is 336 g/mol. The molecule has 124 valence electrons. The summed E-state index contributed by atoms with van der Waals surface area (Å²) in [6, 6.07) is 5.99. The molecule has 1 heterocycles. The Kier molecular flexibility index (Phi) is 4.39. The van der Waals surface area contributed by atoms with E-state index in [1.165, 1.54) is 13.2 Å². The molecule has 1 N–H and O–H groups in total. The van der Waals surface area contributed by atoms with Gasteiger partial charge in [-0.25, -0.2) is 13.2 Å². The van der Waals surface area contributed by atoms with Gasteiger partial charge in [-0.05, 0) is 30.9 Å². The van der Waals surface area contributed by atoms with Gasteiger partial charge in [0.25, 0.3) is 10.0 Å². The number of amidine groups is 1. The molecular weight excluding hydrogens is 316 g/mol. The summed E-state index contributed by atoms with van der Waals surface area (Å²) in [6.07, 6.45) is 5.10. The van der Waals surface area contributed by atoms with Gasteiger partial charge in [0, 0.05) is 5.56 Å². The molecule has 1 atom stereocenters. The molecule has 0 aromatic heterocycles. The van der Waals surface area contributed by atoms with Crippen LogP contribution in [0.3, 0.4) is 0 Å². The number of fused-ring (bicyclic) bond motifs is 1. The predicted octanol–water partition coefficient (Wildman–Crippen LogP) is 1.85. The summed E-state index contributed by atoms with van der Waals surface area (Å²) in [4.78, 5) is 16.8. The number of esters is 1. The smallest absolute Gasteiger partial charge is 0.330 e. The molecule has 1 aliphatic carbocycles. The van der Waals surface area contributed by atoms with E-state index in [1.807, 2.05) is 0 Å². The minimum atomic E-state index is -3.60. The van der Waals surface area contributed by atoms with Gasteiger partial charge in [0.15, 0.2) is 6.04 Å². The van der Waals surface area contributed by atoms with Crippen molar-refractivity contribution in [2.75, 3.05) is 7.11 Å². The normalized spacial score (nSPS) is 23.1. The van der Waals surface area contributed by atoms with Crippen molar-refractivity contribution in [1.29, 1.82) is 0 Å². The Morgan fingerprint density at radius 1 is 1.26 bits per heavy atom. The lowest BCUT2D eigenvalue weighted by molar-refractivity contribution is -0.143. The van der Waals surface area contributed by atoms with Crippen LogP contribution in [0, 0.1) is 5.92 Å². The molecular formula is C16H20N2O4S. The standard InChI is InChI=1S/C16H20N2O4S/c1-22-16(19)14(11-7-3-2-4-8-11)17-15-12-9-5-6-10-13(12)23(20,21)18-15/h5-6,9-11,14H,2-4,7-8H2,1H3,(H,17,18). The molecule has 0 saturated heterocycles. The largest absolute Gasteiger partial charge is 0.467 e. The Bertz CT molecular complexity index is 736. The van der Waals surface area contributed by atoms with Crippen molar-refractivity contribution in [1.82, 2.24) is 4.72 Å². The van der Waals surface area contributed by atoms with Crippen LogP contribution in [0.25, 0.3) is 0 Å². The van der Waals surface area contributed by atoms with Gasteiger partial charge in [0.05, 0.1) is 12.0 Å². The van der Waals surface area contributed by atoms with Crippen molar-refractivity contribution in [3.63, 3.8) is 0 Å². The Morgan fingerprint density at radius 3 is 2.65 bits per heavy atom. The molecule has 7 heteroatoms. The van der Waals surface area contributed by atoms with Gasteiger partial charge < -0.3 is 4.74 Å². The van der Waals surface area contributed by atoms with Gasteiger partial charge in [0.2, 0.25) is 0 Å². The third-order valence-electron chi connectivity index (χ3n) is 4.47. The second kappa shape index (κ2) is 6.31. The van der Waals surface area contributed by atoms with Crippen LogP contribution in [0.5, 0.6) is 0 Å². The van der Waals surface area contributed by atoms with Gasteiger partial charge >= 0.3 is 5.97 Å². The topological polar surface area (TPSA) is 84.8 Å². The van der Waals surface area contributed by atoms with Crippen LogP contribution in [-0.4, -0.2) is 33.4 Å². The minimum absolute atomic E-state index is 0.0981. The third kappa shape index (κ3) is 3.10. The summed E-state index contributed by atoms with van der Waals surface area (Å²) in [7, 11) is -2.26. The van der Waals surface area contributed by atoms with Crippen LogP contribution in [0.1, 0.15) is 37.7 Å². The van der Waals surface area contributed by atoms with Crippen LogP contribution >= 0.6 is 0 Å². The Morgan fingerprint density at radius 2 is 1.96 bits per heavy atom. The first kappa shape index (κ1) is 16.0. The highest BCUT2D eigenvalue weighted by Gasteiger charge is 2.35. The lowest BCUT2D eigenvalue weighted by atomic mass is 9.84. The van der Waals surface area contributed by atoms with E-state index in [1.54, 1.807) is 18.2 Å². The maximum Gasteiger partial charge on any atom is 0.330 e. The van der Waals surface area contributed by atoms with Crippen LogP contribution in [0.15, 0.2) is 34.2 Å². The molecule has 6 nitrogen and oxygen atoms in total. The first-order chi connectivity index (χ1) is 11.0. The van der Waals surface area contributed by atoms with E-state index < -0.39 is 22.0 Å². The maximum atomic E-state index is 12.2. The van der Waals surface area contributed by atoms with Crippen LogP contribution < -0.4 is 4.72 Å². The number of hydrogen-bond donors (Lipinski definition) is 1. The molecule has 1 saturated carbocycles. The number of ether oxygens (including phenoxy) is 1. The summed E-state index contributed by atoms with van der Waals surface area (Å²) in [6.45, 7) is 0. The summed E-state index contributed by atoms with van der Waals surface area (Å²) in [5.74, 6) is -0.0736. The minimum Gasteiger partial charge on any atom is -0.467 e. The predicted molar refractivity (Wildman–Crippen MR) is 85.7 cm³/mol. The quantitative estimate of drug-likeness (QED) is 0.854. The first-order valence-corrected chi connectivity index (χ1v) is 9.29. The van der Waals surface area contributed by atoms with Crippen LogP contribution in [0.4, 0.5) is 0 Å². The molecule has 0 spiro atoms. The Balaban J connectivity index is 1.99. The molecule has 0 bridgehead atoms. The number of carbonyl (C=O) groups is 1. The summed E-state index contributed by atoms with van der Waals surface area (Å²) >= 11 is 0. The summed E-state index contributed by atoms with van der Waals surface area (Å²) in [5.41, 5.74) is 0.511. The summed E-state index contributed by atoms with van der Waals surface area (Å²) in [5, 5.41) is 0. The maximum absolute atomic E-state index is 12.2. The van der Waals surface area contributed by atoms with Crippen molar-refractivity contribution in [2.24, 2.45) is 10.9 Å². The third-order valence-corrected chi connectivity index (χ3v) is 5.87. The van der Waals surface area contributed by atoms with Crippen LogP contribution in [-0.2, 0) is 19.6 Å². The molecule has 3 rings (SSSR count). The van der Waals surface area contributed by atoms with E-state index in [9.17, 15) is 13.2 Å². The number of nitrogens with zero attached hydrogens (tertiary/aromatic N) is 1. The first-order valence-electron chi connectivity index (χ1n) is 7.81. The monoisotopic (exact) mass is 336 g/mol. The molecule has 1 aromatic carbocycles. The van der Waals surface area contributed by atoms with Crippen molar-refractivity contribution in [3.05, 3.63) is 29.8 Å². The number of sulfonamides is 1. The van der Waals surface area contributed by atoms with Gasteiger partial charge in [0.1, 0.15) is 5.84 Å². The second-order valence-corrected chi connectivity index (χ2v) is 7.60. The highest BCUT2D eigenvalue weighted by atomic mass is 32.2. The van der Waals surface area contributed by atoms with Crippen LogP contribution in [0.2, 0.25) is 0 Å². The number of rotatable bonds is 3. The van der Waals surface area contributed by atoms with E-state index in [4.69, 9.17) is 4.74 Å². The number of carbonyl (C=O) groups excluding carboxylic acids is 1. The number of benzene rings is 1. The zero-order valence-electron chi connectivity index (χ0n) is 13.0. The molecule has 1 unspecified atom stereocenters. The lowest BCUT2D eigenvalue weighted by Crippen LogP contribution is -2.34. The second-order valence-electron chi connectivity index (χ2n) is 5.95. The Labute approximate surface area is 136 Å². The van der Waals surface area contributed by atoms with Crippen molar-refractivity contribution < 1.29 is 17.9 Å². The van der Waals surface area contributed by atoms with E-state index in [-0.39, 0.29) is 16.6 Å². The fourth-order valence-electron chi connectivity index (χ4n) is 3.29. The molecule has 0 amide bonds. The molecule has 23 heavy (non-hydrogen) atoms. The summed E-state index contributed by atoms with van der Waals surface area (Å²) < 4.78 is 31.7. The van der Waals surface area contributed by atoms with Gasteiger partial charge in [-0.2, -0.15) is 0 Å². The molecule has 1 aliphatic heterocycles. The number of methoxy groups -OCH3 is 1. The zero-order chi connectivity index (χ0) is 16.4. The fourth-order valence-corrected chi connectivity index (χ4v) is 4.53. The Hall–Kier alpha value is -1.89. The number of aliphatic imine (C=N–C) groups is 1. The van der Waals surface area contributed by atoms with Crippen molar-refractivity contribution in [2.45, 2.75) is 43.0 Å². The molecule has 2 aliphatic rings. The molecule has 0 radical (unpaired) electrons. The van der Waals surface area contributed by atoms with E-state index in [0.29, 0.717) is 5.56 Å². The lowest BCUT2D eigenvalue weighted by Gasteiger charge is -2.26. The van der Waals surface area contributed by atoms with Gasteiger partial charge in [-0.15, -0.1) is 0 Å². The van der Waals surface area contributed by atoms with E-state index in [2.05, 4.69) is 9.71 Å². The molecule has 1 fully saturated rings. The van der Waals surface area contributed by atoms with E-state index >= 15 is 0 Å². The van der Waals surface area contributed by atoms with E-state index in [0.717, 1.165) is 32.1 Å². The van der Waals surface area contributed by atoms with Gasteiger partial charge in [-0.3, -0.25) is 9.71 Å². The highest BCUT2D eigenvalue weighted by Crippen LogP contribution is 2.30.